The largest absolute Gasteiger partial charge is 0.383 e. The van der Waals surface area contributed by atoms with Crippen molar-refractivity contribution in [2.24, 2.45) is 0 Å². The summed E-state index contributed by atoms with van der Waals surface area (Å²) < 4.78 is 41.0. The van der Waals surface area contributed by atoms with Crippen molar-refractivity contribution in [1.82, 2.24) is 14.1 Å². The highest BCUT2D eigenvalue weighted by Gasteiger charge is 2.40. The standard InChI is InChI=1S/C17H23N3O4S2/c1-23-10-8-19-14-6-9-24-12-13(14)17(18-19)15-4-2-7-20(15)26(21,22)16-5-3-11-25-16/h3,5,11,15H,2,4,6-10,12H2,1H3. The maximum atomic E-state index is 13.1. The van der Waals surface area contributed by atoms with E-state index in [9.17, 15) is 8.42 Å². The lowest BCUT2D eigenvalue weighted by atomic mass is 10.0. The molecule has 7 nitrogen and oxygen atoms in total. The molecule has 4 heterocycles. The van der Waals surface area contributed by atoms with Gasteiger partial charge in [0.15, 0.2) is 0 Å². The first-order chi connectivity index (χ1) is 12.6. The van der Waals surface area contributed by atoms with Crippen molar-refractivity contribution in [3.05, 3.63) is 34.5 Å². The lowest BCUT2D eigenvalue weighted by Crippen LogP contribution is -2.31. The van der Waals surface area contributed by atoms with Crippen molar-refractivity contribution in [2.75, 3.05) is 26.9 Å². The van der Waals surface area contributed by atoms with Crippen LogP contribution in [0.5, 0.6) is 0 Å². The average Bonchev–Trinajstić information content (AvgIpc) is 3.38. The topological polar surface area (TPSA) is 73.7 Å². The number of aromatic nitrogens is 2. The first-order valence-electron chi connectivity index (χ1n) is 8.83. The van der Waals surface area contributed by atoms with Gasteiger partial charge in [-0.3, -0.25) is 4.68 Å². The summed E-state index contributed by atoms with van der Waals surface area (Å²) >= 11 is 1.26. The Morgan fingerprint density at radius 1 is 1.46 bits per heavy atom. The lowest BCUT2D eigenvalue weighted by Gasteiger charge is -2.23. The monoisotopic (exact) mass is 397 g/mol. The fraction of sp³-hybridized carbons (Fsp3) is 0.588. The third-order valence-corrected chi connectivity index (χ3v) is 8.29. The summed E-state index contributed by atoms with van der Waals surface area (Å²) in [6.45, 7) is 2.96. The summed E-state index contributed by atoms with van der Waals surface area (Å²) in [4.78, 5) is 0. The highest BCUT2D eigenvalue weighted by atomic mass is 32.2. The van der Waals surface area contributed by atoms with Crippen molar-refractivity contribution in [3.8, 4) is 0 Å². The molecule has 0 radical (unpaired) electrons. The predicted octanol–water partition coefficient (Wildman–Crippen LogP) is 2.19. The Balaban J connectivity index is 1.71. The Labute approximate surface area is 157 Å². The fourth-order valence-corrected chi connectivity index (χ4v) is 6.57. The molecule has 0 amide bonds. The molecule has 0 aliphatic carbocycles. The zero-order valence-electron chi connectivity index (χ0n) is 14.8. The van der Waals surface area contributed by atoms with E-state index in [4.69, 9.17) is 14.6 Å². The SMILES string of the molecule is COCCn1nc(C2CCCN2S(=O)(=O)c2cccs2)c2c1CCOC2. The van der Waals surface area contributed by atoms with Gasteiger partial charge < -0.3 is 9.47 Å². The van der Waals surface area contributed by atoms with E-state index in [2.05, 4.69) is 0 Å². The summed E-state index contributed by atoms with van der Waals surface area (Å²) in [6.07, 6.45) is 2.44. The average molecular weight is 398 g/mol. The molecular weight excluding hydrogens is 374 g/mol. The molecule has 0 bridgehead atoms. The number of nitrogens with zero attached hydrogens (tertiary/aromatic N) is 3. The van der Waals surface area contributed by atoms with Crippen LogP contribution in [0.3, 0.4) is 0 Å². The normalized spacial score (nSPS) is 21.2. The molecule has 2 aliphatic rings. The minimum Gasteiger partial charge on any atom is -0.383 e. The third kappa shape index (κ3) is 3.11. The van der Waals surface area contributed by atoms with Gasteiger partial charge in [-0.05, 0) is 24.3 Å². The van der Waals surface area contributed by atoms with Gasteiger partial charge in [0.05, 0.1) is 38.1 Å². The fourth-order valence-electron chi connectivity index (χ4n) is 3.79. The van der Waals surface area contributed by atoms with Crippen LogP contribution in [0, 0.1) is 0 Å². The number of thiophene rings is 1. The first kappa shape index (κ1) is 18.1. The van der Waals surface area contributed by atoms with E-state index in [-0.39, 0.29) is 6.04 Å². The Kier molecular flexibility index (Phi) is 5.15. The minimum absolute atomic E-state index is 0.221. The summed E-state index contributed by atoms with van der Waals surface area (Å²) in [5.74, 6) is 0. The number of rotatable bonds is 6. The molecule has 2 aromatic rings. The van der Waals surface area contributed by atoms with E-state index in [0.717, 1.165) is 36.2 Å². The van der Waals surface area contributed by atoms with Crippen LogP contribution >= 0.6 is 11.3 Å². The Morgan fingerprint density at radius 2 is 2.35 bits per heavy atom. The highest BCUT2D eigenvalue weighted by molar-refractivity contribution is 7.91. The predicted molar refractivity (Wildman–Crippen MR) is 97.6 cm³/mol. The molecule has 142 valence electrons. The molecule has 0 spiro atoms. The second-order valence-electron chi connectivity index (χ2n) is 6.53. The Morgan fingerprint density at radius 3 is 3.12 bits per heavy atom. The number of hydrogen-bond donors (Lipinski definition) is 0. The summed E-state index contributed by atoms with van der Waals surface area (Å²) in [7, 11) is -1.82. The number of methoxy groups -OCH3 is 1. The van der Waals surface area contributed by atoms with E-state index in [1.807, 2.05) is 4.68 Å². The van der Waals surface area contributed by atoms with Crippen molar-refractivity contribution in [3.63, 3.8) is 0 Å². The maximum Gasteiger partial charge on any atom is 0.253 e. The van der Waals surface area contributed by atoms with Crippen LogP contribution in [-0.2, 0) is 39.1 Å². The van der Waals surface area contributed by atoms with Gasteiger partial charge >= 0.3 is 0 Å². The molecule has 0 aromatic carbocycles. The van der Waals surface area contributed by atoms with Crippen LogP contribution in [0.1, 0.15) is 35.8 Å². The lowest BCUT2D eigenvalue weighted by molar-refractivity contribution is 0.106. The second kappa shape index (κ2) is 7.40. The van der Waals surface area contributed by atoms with Crippen LogP contribution in [0.15, 0.2) is 21.7 Å². The van der Waals surface area contributed by atoms with Gasteiger partial charge in [-0.1, -0.05) is 6.07 Å². The van der Waals surface area contributed by atoms with E-state index < -0.39 is 10.0 Å². The Hall–Kier alpha value is -1.26. The van der Waals surface area contributed by atoms with Gasteiger partial charge in [0.25, 0.3) is 10.0 Å². The Bertz CT molecular complexity index is 861. The maximum absolute atomic E-state index is 13.1. The van der Waals surface area contributed by atoms with Crippen molar-refractivity contribution < 1.29 is 17.9 Å². The highest BCUT2D eigenvalue weighted by Crippen LogP contribution is 2.39. The smallest absolute Gasteiger partial charge is 0.253 e. The first-order valence-corrected chi connectivity index (χ1v) is 11.2. The number of hydrogen-bond acceptors (Lipinski definition) is 6. The molecule has 1 unspecified atom stereocenters. The van der Waals surface area contributed by atoms with E-state index >= 15 is 0 Å². The van der Waals surface area contributed by atoms with Gasteiger partial charge in [-0.2, -0.15) is 9.40 Å². The van der Waals surface area contributed by atoms with E-state index in [1.54, 1.807) is 28.9 Å². The van der Waals surface area contributed by atoms with Crippen LogP contribution < -0.4 is 0 Å². The quantitative estimate of drug-likeness (QED) is 0.747. The van der Waals surface area contributed by atoms with Crippen LogP contribution in [0.4, 0.5) is 0 Å². The van der Waals surface area contributed by atoms with Crippen molar-refractivity contribution in [2.45, 2.75) is 42.7 Å². The molecule has 1 saturated heterocycles. The number of fused-ring (bicyclic) bond motifs is 1. The third-order valence-electron chi connectivity index (χ3n) is 5.01. The molecule has 9 heteroatoms. The van der Waals surface area contributed by atoms with Gasteiger partial charge in [0.1, 0.15) is 4.21 Å². The van der Waals surface area contributed by atoms with Gasteiger partial charge in [-0.25, -0.2) is 8.42 Å². The van der Waals surface area contributed by atoms with Crippen LogP contribution in [0.25, 0.3) is 0 Å². The summed E-state index contributed by atoms with van der Waals surface area (Å²) in [5, 5.41) is 6.61. The zero-order valence-corrected chi connectivity index (χ0v) is 16.4. The molecule has 1 fully saturated rings. The van der Waals surface area contributed by atoms with Crippen molar-refractivity contribution >= 4 is 21.4 Å². The van der Waals surface area contributed by atoms with Gasteiger partial charge in [-0.15, -0.1) is 11.3 Å². The van der Waals surface area contributed by atoms with Crippen molar-refractivity contribution in [1.29, 1.82) is 0 Å². The molecule has 2 aliphatic heterocycles. The number of sulfonamides is 1. The number of ether oxygens (including phenoxy) is 2. The van der Waals surface area contributed by atoms with Gasteiger partial charge in [0.2, 0.25) is 0 Å². The molecule has 2 aromatic heterocycles. The second-order valence-corrected chi connectivity index (χ2v) is 9.60. The summed E-state index contributed by atoms with van der Waals surface area (Å²) in [6, 6.07) is 3.23. The minimum atomic E-state index is -3.49. The molecule has 1 atom stereocenters. The summed E-state index contributed by atoms with van der Waals surface area (Å²) in [5.41, 5.74) is 3.07. The van der Waals surface area contributed by atoms with Gasteiger partial charge in [0, 0.05) is 31.3 Å². The molecule has 0 saturated carbocycles. The molecule has 26 heavy (non-hydrogen) atoms. The van der Waals surface area contributed by atoms with Crippen LogP contribution in [0.2, 0.25) is 0 Å². The van der Waals surface area contributed by atoms with Crippen LogP contribution in [-0.4, -0.2) is 49.4 Å². The zero-order chi connectivity index (χ0) is 18.1. The molecule has 0 N–H and O–H groups in total. The molecular formula is C17H23N3O4S2. The van der Waals surface area contributed by atoms with E-state index in [1.165, 1.54) is 11.3 Å². The molecule has 4 rings (SSSR count). The van der Waals surface area contributed by atoms with E-state index in [0.29, 0.717) is 37.1 Å².